The summed E-state index contributed by atoms with van der Waals surface area (Å²) in [6.45, 7) is 10.1. The zero-order valence-electron chi connectivity index (χ0n) is 16.0. The molecule has 0 aliphatic rings. The molecule has 0 bridgehead atoms. The van der Waals surface area contributed by atoms with Crippen LogP contribution in [0.25, 0.3) is 0 Å². The average molecular weight is 415 g/mol. The van der Waals surface area contributed by atoms with E-state index in [2.05, 4.69) is 4.74 Å². The summed E-state index contributed by atoms with van der Waals surface area (Å²) in [5.41, 5.74) is 0. The normalized spacial score (nSPS) is 14.2. The molecule has 2 unspecified atom stereocenters. The fourth-order valence-electron chi connectivity index (χ4n) is 1.81. The third kappa shape index (κ3) is 11.2. The van der Waals surface area contributed by atoms with Crippen molar-refractivity contribution >= 4 is 41.9 Å². The Morgan fingerprint density at radius 2 is 1.72 bits per heavy atom. The Morgan fingerprint density at radius 1 is 1.16 bits per heavy atom. The third-order valence-corrected chi connectivity index (χ3v) is 7.31. The summed E-state index contributed by atoms with van der Waals surface area (Å²) in [6, 6.07) is 0. The van der Waals surface area contributed by atoms with E-state index < -0.39 is 7.60 Å². The molecule has 25 heavy (non-hydrogen) atoms. The van der Waals surface area contributed by atoms with Crippen LogP contribution in [-0.2, 0) is 27.9 Å². The number of rotatable bonds is 12. The van der Waals surface area contributed by atoms with E-state index in [9.17, 15) is 9.36 Å². The van der Waals surface area contributed by atoms with Crippen LogP contribution >= 0.6 is 31.6 Å². The number of carbonyl (C=O) groups excluding carboxylic acids is 1. The molecule has 0 spiro atoms. The summed E-state index contributed by atoms with van der Waals surface area (Å²) in [6.07, 6.45) is 0.790. The minimum absolute atomic E-state index is 0.0214. The Morgan fingerprint density at radius 3 is 2.16 bits per heavy atom. The highest BCUT2D eigenvalue weighted by Crippen LogP contribution is 2.50. The Kier molecular flexibility index (Phi) is 13.0. The number of carbonyl (C=O) groups is 1. The van der Waals surface area contributed by atoms with E-state index in [4.69, 9.17) is 26.0 Å². The van der Waals surface area contributed by atoms with E-state index in [0.29, 0.717) is 16.7 Å². The van der Waals surface area contributed by atoms with Gasteiger partial charge in [0.1, 0.15) is 0 Å². The first kappa shape index (κ1) is 24.9. The summed E-state index contributed by atoms with van der Waals surface area (Å²) >= 11 is 6.60. The summed E-state index contributed by atoms with van der Waals surface area (Å²) in [4.78, 5) is 11.5. The second-order valence-corrected chi connectivity index (χ2v) is 9.81. The van der Waals surface area contributed by atoms with Gasteiger partial charge < -0.3 is 18.5 Å². The van der Waals surface area contributed by atoms with Crippen LogP contribution in [0.3, 0.4) is 0 Å². The van der Waals surface area contributed by atoms with Gasteiger partial charge in [0.25, 0.3) is 0 Å². The van der Waals surface area contributed by atoms with Crippen LogP contribution in [-0.4, -0.2) is 48.2 Å². The number of thiocarbonyl (C=S) groups is 1. The van der Waals surface area contributed by atoms with Crippen molar-refractivity contribution < 1.29 is 27.9 Å². The monoisotopic (exact) mass is 414 g/mol. The molecule has 0 aliphatic carbocycles. The quantitative estimate of drug-likeness (QED) is 0.260. The van der Waals surface area contributed by atoms with Crippen LogP contribution in [0, 0.1) is 5.92 Å². The molecule has 0 aromatic carbocycles. The van der Waals surface area contributed by atoms with Gasteiger partial charge in [-0.15, -0.1) is 0 Å². The summed E-state index contributed by atoms with van der Waals surface area (Å²) in [7, 11) is -1.90. The Bertz CT molecular complexity index is 448. The molecule has 0 amide bonds. The first-order valence-corrected chi connectivity index (χ1v) is 11.5. The van der Waals surface area contributed by atoms with Crippen LogP contribution in [0.15, 0.2) is 0 Å². The highest BCUT2D eigenvalue weighted by molar-refractivity contribution is 8.23. The largest absolute Gasteiger partial charge is 0.475 e. The van der Waals surface area contributed by atoms with Crippen LogP contribution in [0.4, 0.5) is 0 Å². The summed E-state index contributed by atoms with van der Waals surface area (Å²) < 4.78 is 34.3. The topological polar surface area (TPSA) is 71.1 Å². The maximum atomic E-state index is 12.8. The molecule has 0 rings (SSSR count). The molecule has 2 atom stereocenters. The molecule has 0 fully saturated rings. The lowest BCUT2D eigenvalue weighted by Gasteiger charge is -2.24. The van der Waals surface area contributed by atoms with Gasteiger partial charge >= 0.3 is 13.6 Å². The van der Waals surface area contributed by atoms with Crippen LogP contribution in [0.2, 0.25) is 0 Å². The average Bonchev–Trinajstić information content (AvgIpc) is 2.52. The predicted molar refractivity (Wildman–Crippen MR) is 106 cm³/mol. The van der Waals surface area contributed by atoms with Crippen molar-refractivity contribution in [1.29, 1.82) is 0 Å². The minimum Gasteiger partial charge on any atom is -0.475 e. The smallest absolute Gasteiger partial charge is 0.331 e. The first-order valence-electron chi connectivity index (χ1n) is 8.49. The number of hydrogen-bond donors (Lipinski definition) is 0. The molecule has 0 saturated heterocycles. The minimum atomic E-state index is -3.24. The fourth-order valence-corrected chi connectivity index (χ4v) is 5.68. The molecule has 148 valence electrons. The van der Waals surface area contributed by atoms with Gasteiger partial charge in [-0.1, -0.05) is 25.6 Å². The Balaban J connectivity index is 4.97. The van der Waals surface area contributed by atoms with Crippen molar-refractivity contribution in [2.75, 3.05) is 26.5 Å². The lowest BCUT2D eigenvalue weighted by atomic mass is 10.1. The van der Waals surface area contributed by atoms with Gasteiger partial charge in [-0.05, 0) is 45.3 Å². The van der Waals surface area contributed by atoms with Gasteiger partial charge in [0.15, 0.2) is 0 Å². The molecular weight excluding hydrogens is 383 g/mol. The van der Waals surface area contributed by atoms with Crippen molar-refractivity contribution in [3.8, 4) is 0 Å². The standard InChI is InChI=1S/C16H31O6PS2/c1-7-20-23(18,21-8-2)11-14(9-10-15(17)19-6)25-16(24)22-13(5)12(3)4/h12-14H,7-11H2,1-6H3. The maximum absolute atomic E-state index is 12.8. The van der Waals surface area contributed by atoms with Crippen LogP contribution in [0.1, 0.15) is 47.5 Å². The predicted octanol–water partition coefficient (Wildman–Crippen LogP) is 4.65. The van der Waals surface area contributed by atoms with E-state index in [1.165, 1.54) is 18.9 Å². The fraction of sp³-hybridized carbons (Fsp3) is 0.875. The van der Waals surface area contributed by atoms with E-state index in [1.54, 1.807) is 13.8 Å². The number of thioether (sulfide) groups is 1. The van der Waals surface area contributed by atoms with Crippen molar-refractivity contribution in [2.45, 2.75) is 58.8 Å². The maximum Gasteiger partial charge on any atom is 0.331 e. The molecule has 6 nitrogen and oxygen atoms in total. The van der Waals surface area contributed by atoms with Crippen molar-refractivity contribution in [1.82, 2.24) is 0 Å². The molecule has 0 heterocycles. The highest BCUT2D eigenvalue weighted by atomic mass is 32.2. The number of esters is 1. The molecule has 0 aromatic rings. The Hall–Kier alpha value is -0.140. The summed E-state index contributed by atoms with van der Waals surface area (Å²) in [5.74, 6) is 0.000607. The second kappa shape index (κ2) is 13.1. The lowest BCUT2D eigenvalue weighted by molar-refractivity contribution is -0.140. The first-order chi connectivity index (χ1) is 11.7. The van der Waals surface area contributed by atoms with Crippen molar-refractivity contribution in [3.63, 3.8) is 0 Å². The molecule has 0 saturated carbocycles. The second-order valence-electron chi connectivity index (χ2n) is 5.80. The molecule has 0 aromatic heterocycles. The number of ether oxygens (including phenoxy) is 2. The number of methoxy groups -OCH3 is 1. The van der Waals surface area contributed by atoms with Gasteiger partial charge in [-0.25, -0.2) is 0 Å². The third-order valence-electron chi connectivity index (χ3n) is 3.46. The molecular formula is C16H31O6PS2. The van der Waals surface area contributed by atoms with Gasteiger partial charge in [-0.2, -0.15) is 0 Å². The summed E-state index contributed by atoms with van der Waals surface area (Å²) in [5, 5.41) is -0.227. The van der Waals surface area contributed by atoms with Crippen molar-refractivity contribution in [3.05, 3.63) is 0 Å². The van der Waals surface area contributed by atoms with Crippen LogP contribution < -0.4 is 0 Å². The van der Waals surface area contributed by atoms with E-state index in [1.807, 2.05) is 20.8 Å². The lowest BCUT2D eigenvalue weighted by Crippen LogP contribution is -2.21. The van der Waals surface area contributed by atoms with E-state index in [0.717, 1.165) is 0 Å². The number of hydrogen-bond acceptors (Lipinski definition) is 8. The van der Waals surface area contributed by atoms with Gasteiger partial charge in [0, 0.05) is 11.7 Å². The SMILES string of the molecule is CCOP(=O)(CC(CCC(=O)OC)SC(=S)OC(C)C(C)C)OCC. The molecule has 0 N–H and O–H groups in total. The van der Waals surface area contributed by atoms with Gasteiger partial charge in [0.2, 0.25) is 4.38 Å². The molecule has 0 aliphatic heterocycles. The highest BCUT2D eigenvalue weighted by Gasteiger charge is 2.30. The van der Waals surface area contributed by atoms with E-state index in [-0.39, 0.29) is 43.1 Å². The Labute approximate surface area is 161 Å². The van der Waals surface area contributed by atoms with Crippen LogP contribution in [0.5, 0.6) is 0 Å². The van der Waals surface area contributed by atoms with Crippen molar-refractivity contribution in [2.24, 2.45) is 5.92 Å². The van der Waals surface area contributed by atoms with E-state index >= 15 is 0 Å². The molecule has 0 radical (unpaired) electrons. The zero-order chi connectivity index (χ0) is 19.5. The van der Waals surface area contributed by atoms with Gasteiger partial charge in [0.05, 0.1) is 32.6 Å². The van der Waals surface area contributed by atoms with Gasteiger partial charge in [-0.3, -0.25) is 9.36 Å². The molecule has 9 heteroatoms. The zero-order valence-corrected chi connectivity index (χ0v) is 18.5.